The van der Waals surface area contributed by atoms with Crippen molar-refractivity contribution in [1.82, 2.24) is 9.80 Å². The minimum Gasteiger partial charge on any atom is -0.506 e. The number of nitrogens with zero attached hydrogens (tertiary/aromatic N) is 2. The highest BCUT2D eigenvalue weighted by Crippen LogP contribution is 2.33. The Balaban J connectivity index is 1.93. The Bertz CT molecular complexity index is 666. The van der Waals surface area contributed by atoms with Crippen LogP contribution in [-0.4, -0.2) is 58.9 Å². The predicted octanol–water partition coefficient (Wildman–Crippen LogP) is 2.36. The van der Waals surface area contributed by atoms with Crippen molar-refractivity contribution in [3.63, 3.8) is 0 Å². The van der Waals surface area contributed by atoms with Crippen LogP contribution in [0.4, 0.5) is 5.69 Å². The van der Waals surface area contributed by atoms with Crippen LogP contribution in [0.5, 0.6) is 5.75 Å². The highest BCUT2D eigenvalue weighted by Gasteiger charge is 2.28. The van der Waals surface area contributed by atoms with E-state index in [0.29, 0.717) is 25.3 Å². The van der Waals surface area contributed by atoms with E-state index in [2.05, 4.69) is 11.9 Å². The number of hydrogen-bond acceptors (Lipinski definition) is 4. The fourth-order valence-electron chi connectivity index (χ4n) is 2.59. The van der Waals surface area contributed by atoms with Crippen LogP contribution in [0.15, 0.2) is 24.8 Å². The molecule has 0 unspecified atom stereocenters. The van der Waals surface area contributed by atoms with Crippen molar-refractivity contribution in [2.45, 2.75) is 13.0 Å². The lowest BCUT2D eigenvalue weighted by Crippen LogP contribution is -2.55. The molecule has 6 nitrogen and oxygen atoms in total. The molecule has 0 spiro atoms. The van der Waals surface area contributed by atoms with E-state index < -0.39 is 0 Å². The number of phenols is 1. The molecule has 8 heteroatoms. The maximum Gasteiger partial charge on any atom is 0.246 e. The quantitative estimate of drug-likeness (QED) is 0.629. The van der Waals surface area contributed by atoms with Crippen molar-refractivity contribution in [2.75, 3.05) is 31.5 Å². The van der Waals surface area contributed by atoms with Crippen LogP contribution in [0.3, 0.4) is 0 Å². The topological polar surface area (TPSA) is 72.9 Å². The monoisotopic (exact) mass is 371 g/mol. The zero-order valence-electron chi connectivity index (χ0n) is 13.3. The Morgan fingerprint density at radius 1 is 1.38 bits per heavy atom. The molecule has 1 aromatic carbocycles. The fraction of sp³-hybridized carbons (Fsp3) is 0.375. The zero-order chi connectivity index (χ0) is 17.9. The maximum atomic E-state index is 12.3. The molecular formula is C16H19Cl2N3O3. The van der Waals surface area contributed by atoms with Crippen molar-refractivity contribution in [1.29, 1.82) is 0 Å². The van der Waals surface area contributed by atoms with Gasteiger partial charge >= 0.3 is 0 Å². The van der Waals surface area contributed by atoms with Crippen molar-refractivity contribution >= 4 is 40.7 Å². The van der Waals surface area contributed by atoms with Gasteiger partial charge in [0.15, 0.2) is 0 Å². The number of aromatic hydroxyl groups is 1. The number of piperazine rings is 1. The fourth-order valence-corrected chi connectivity index (χ4v) is 2.91. The highest BCUT2D eigenvalue weighted by atomic mass is 35.5. The molecule has 24 heavy (non-hydrogen) atoms. The van der Waals surface area contributed by atoms with Crippen molar-refractivity contribution in [2.24, 2.45) is 0 Å². The van der Waals surface area contributed by atoms with Crippen LogP contribution in [0.25, 0.3) is 0 Å². The van der Waals surface area contributed by atoms with Gasteiger partial charge < -0.3 is 20.2 Å². The number of benzene rings is 1. The van der Waals surface area contributed by atoms with E-state index >= 15 is 0 Å². The summed E-state index contributed by atoms with van der Waals surface area (Å²) in [5, 5.41) is 13.2. The lowest BCUT2D eigenvalue weighted by atomic mass is 10.2. The van der Waals surface area contributed by atoms with E-state index in [-0.39, 0.29) is 40.2 Å². The van der Waals surface area contributed by atoms with E-state index in [0.717, 1.165) is 0 Å². The number of rotatable bonds is 4. The van der Waals surface area contributed by atoms with Gasteiger partial charge in [0.05, 0.1) is 22.3 Å². The van der Waals surface area contributed by atoms with Crippen molar-refractivity contribution < 1.29 is 14.7 Å². The number of carbonyl (C=O) groups excluding carboxylic acids is 2. The normalized spacial score (nSPS) is 17.5. The molecule has 1 aliphatic rings. The summed E-state index contributed by atoms with van der Waals surface area (Å²) in [5.74, 6) is -0.335. The number of amides is 2. The molecule has 0 aliphatic carbocycles. The van der Waals surface area contributed by atoms with Gasteiger partial charge in [0.1, 0.15) is 5.75 Å². The van der Waals surface area contributed by atoms with Crippen LogP contribution < -0.4 is 5.32 Å². The Morgan fingerprint density at radius 2 is 2.04 bits per heavy atom. The summed E-state index contributed by atoms with van der Waals surface area (Å²) in [5.41, 5.74) is 0.339. The second-order valence-electron chi connectivity index (χ2n) is 5.56. The minimum atomic E-state index is -0.131. The van der Waals surface area contributed by atoms with Crippen molar-refractivity contribution in [3.8, 4) is 5.75 Å². The number of phenolic OH excluding ortho intramolecular Hbond substituents is 1. The van der Waals surface area contributed by atoms with Gasteiger partial charge in [-0.2, -0.15) is 0 Å². The summed E-state index contributed by atoms with van der Waals surface area (Å²) in [6.45, 7) is 6.75. The summed E-state index contributed by atoms with van der Waals surface area (Å²) < 4.78 is 0. The highest BCUT2D eigenvalue weighted by molar-refractivity contribution is 6.42. The first-order valence-electron chi connectivity index (χ1n) is 7.46. The SMILES string of the molecule is C=CC(=O)N1CCN(C(=O)CNc2cc(Cl)c(Cl)cc2O)C[C@H]1C. The number of anilines is 1. The maximum absolute atomic E-state index is 12.3. The van der Waals surface area contributed by atoms with Gasteiger partial charge in [-0.1, -0.05) is 29.8 Å². The molecular weight excluding hydrogens is 353 g/mol. The Hall–Kier alpha value is -1.92. The molecule has 2 N–H and O–H groups in total. The molecule has 0 aromatic heterocycles. The molecule has 130 valence electrons. The zero-order valence-corrected chi connectivity index (χ0v) is 14.8. The van der Waals surface area contributed by atoms with E-state index in [1.54, 1.807) is 9.80 Å². The van der Waals surface area contributed by atoms with Gasteiger partial charge in [0, 0.05) is 31.7 Å². The third-order valence-electron chi connectivity index (χ3n) is 3.91. The third-order valence-corrected chi connectivity index (χ3v) is 4.63. The first kappa shape index (κ1) is 18.4. The first-order chi connectivity index (χ1) is 11.3. The summed E-state index contributed by atoms with van der Waals surface area (Å²) >= 11 is 11.7. The molecule has 1 saturated heterocycles. The molecule has 0 radical (unpaired) electrons. The van der Waals surface area contributed by atoms with Gasteiger partial charge in [-0.3, -0.25) is 9.59 Å². The molecule has 0 saturated carbocycles. The number of hydrogen-bond donors (Lipinski definition) is 2. The Morgan fingerprint density at radius 3 is 2.67 bits per heavy atom. The van der Waals surface area contributed by atoms with Crippen LogP contribution in [0.1, 0.15) is 6.92 Å². The van der Waals surface area contributed by atoms with E-state index in [1.807, 2.05) is 6.92 Å². The molecule has 1 heterocycles. The first-order valence-corrected chi connectivity index (χ1v) is 8.21. The summed E-state index contributed by atoms with van der Waals surface area (Å²) in [6, 6.07) is 2.71. The summed E-state index contributed by atoms with van der Waals surface area (Å²) in [4.78, 5) is 27.4. The van der Waals surface area contributed by atoms with Gasteiger partial charge in [-0.25, -0.2) is 0 Å². The van der Waals surface area contributed by atoms with Crippen LogP contribution >= 0.6 is 23.2 Å². The number of carbonyl (C=O) groups is 2. The molecule has 1 aromatic rings. The van der Waals surface area contributed by atoms with Gasteiger partial charge in [0.25, 0.3) is 0 Å². The summed E-state index contributed by atoms with van der Waals surface area (Å²) in [7, 11) is 0. The molecule has 1 atom stereocenters. The number of halogens is 2. The predicted molar refractivity (Wildman–Crippen MR) is 94.6 cm³/mol. The Kier molecular flexibility index (Phi) is 5.96. The minimum absolute atomic E-state index is 0.00759. The largest absolute Gasteiger partial charge is 0.506 e. The second kappa shape index (κ2) is 7.77. The average molecular weight is 372 g/mol. The molecule has 2 amide bonds. The van der Waals surface area contributed by atoms with E-state index in [9.17, 15) is 14.7 Å². The van der Waals surface area contributed by atoms with Gasteiger partial charge in [0.2, 0.25) is 11.8 Å². The molecule has 2 rings (SSSR count). The second-order valence-corrected chi connectivity index (χ2v) is 6.38. The standard InChI is InChI=1S/C16H19Cl2N3O3/c1-3-15(23)21-5-4-20(9-10(21)2)16(24)8-19-13-6-11(17)12(18)7-14(13)22/h3,6-7,10,19,22H,1,4-5,8-9H2,2H3/t10-/m1/s1. The molecule has 1 fully saturated rings. The smallest absolute Gasteiger partial charge is 0.246 e. The van der Waals surface area contributed by atoms with Crippen LogP contribution in [-0.2, 0) is 9.59 Å². The van der Waals surface area contributed by atoms with E-state index in [4.69, 9.17) is 23.2 Å². The average Bonchev–Trinajstić information content (AvgIpc) is 2.55. The lowest BCUT2D eigenvalue weighted by Gasteiger charge is -2.39. The lowest BCUT2D eigenvalue weighted by molar-refractivity contribution is -0.138. The third kappa shape index (κ3) is 4.13. The summed E-state index contributed by atoms with van der Waals surface area (Å²) in [6.07, 6.45) is 1.28. The van der Waals surface area contributed by atoms with E-state index in [1.165, 1.54) is 18.2 Å². The molecule has 1 aliphatic heterocycles. The van der Waals surface area contributed by atoms with Crippen LogP contribution in [0, 0.1) is 0 Å². The van der Waals surface area contributed by atoms with Gasteiger partial charge in [-0.05, 0) is 19.1 Å². The Labute approximate surface area is 150 Å². The van der Waals surface area contributed by atoms with Crippen molar-refractivity contribution in [3.05, 3.63) is 34.8 Å². The van der Waals surface area contributed by atoms with Gasteiger partial charge in [-0.15, -0.1) is 0 Å². The molecule has 0 bridgehead atoms. The van der Waals surface area contributed by atoms with Crippen LogP contribution in [0.2, 0.25) is 10.0 Å². The number of nitrogens with one attached hydrogen (secondary N) is 1.